The first-order valence-electron chi connectivity index (χ1n) is 8.08. The van der Waals surface area contributed by atoms with Crippen LogP contribution in [-0.2, 0) is 11.3 Å². The molecular formula is C16H20N6O2. The molecule has 0 aromatic carbocycles. The van der Waals surface area contributed by atoms with Gasteiger partial charge < -0.3 is 20.1 Å². The van der Waals surface area contributed by atoms with Gasteiger partial charge in [0, 0.05) is 50.1 Å². The fraction of sp³-hybridized carbons (Fsp3) is 0.500. The molecule has 0 spiro atoms. The molecule has 24 heavy (non-hydrogen) atoms. The summed E-state index contributed by atoms with van der Waals surface area (Å²) in [6.45, 7) is 3.58. The highest BCUT2D eigenvalue weighted by Crippen LogP contribution is 2.38. The van der Waals surface area contributed by atoms with E-state index in [2.05, 4.69) is 37.7 Å². The van der Waals surface area contributed by atoms with Crippen molar-refractivity contribution in [2.75, 3.05) is 33.2 Å². The zero-order chi connectivity index (χ0) is 16.6. The van der Waals surface area contributed by atoms with Gasteiger partial charge in [-0.25, -0.2) is 0 Å². The number of nitrogens with one attached hydrogen (secondary N) is 2. The third-order valence-electron chi connectivity index (χ3n) is 4.94. The fourth-order valence-electron chi connectivity index (χ4n) is 3.76. The van der Waals surface area contributed by atoms with Crippen LogP contribution in [0.1, 0.15) is 5.89 Å². The maximum atomic E-state index is 12.8. The lowest BCUT2D eigenvalue weighted by atomic mass is 9.80. The maximum Gasteiger partial charge on any atom is 0.246 e. The summed E-state index contributed by atoms with van der Waals surface area (Å²) < 4.78 is 5.23. The van der Waals surface area contributed by atoms with Gasteiger partial charge in [0.05, 0.1) is 12.0 Å². The van der Waals surface area contributed by atoms with Crippen LogP contribution in [0.5, 0.6) is 0 Å². The van der Waals surface area contributed by atoms with Gasteiger partial charge in [0.2, 0.25) is 17.6 Å². The zero-order valence-electron chi connectivity index (χ0n) is 13.5. The van der Waals surface area contributed by atoms with Crippen LogP contribution >= 0.6 is 0 Å². The molecule has 4 rings (SSSR count). The number of hydrogen-bond acceptors (Lipinski definition) is 7. The van der Waals surface area contributed by atoms with E-state index in [4.69, 9.17) is 4.52 Å². The molecule has 8 nitrogen and oxygen atoms in total. The molecule has 0 radical (unpaired) electrons. The molecule has 126 valence electrons. The summed E-state index contributed by atoms with van der Waals surface area (Å²) in [6, 6.07) is 3.68. The minimum Gasteiger partial charge on any atom is -0.346 e. The topological polar surface area (TPSA) is 96.2 Å². The van der Waals surface area contributed by atoms with E-state index in [0.29, 0.717) is 17.6 Å². The van der Waals surface area contributed by atoms with Crippen LogP contribution in [0.4, 0.5) is 0 Å². The number of aromatic nitrogens is 3. The zero-order valence-corrected chi connectivity index (χ0v) is 13.5. The number of amides is 1. The molecule has 0 saturated carbocycles. The molecular weight excluding hydrogens is 308 g/mol. The Labute approximate surface area is 139 Å². The molecule has 2 N–H and O–H groups in total. The van der Waals surface area contributed by atoms with Gasteiger partial charge in [0.1, 0.15) is 0 Å². The van der Waals surface area contributed by atoms with E-state index >= 15 is 0 Å². The monoisotopic (exact) mass is 328 g/mol. The van der Waals surface area contributed by atoms with Crippen LogP contribution in [0.25, 0.3) is 11.4 Å². The van der Waals surface area contributed by atoms with Crippen molar-refractivity contribution in [1.82, 2.24) is 30.7 Å². The number of nitrogens with zero attached hydrogens (tertiary/aromatic N) is 4. The second-order valence-electron chi connectivity index (χ2n) is 6.62. The molecule has 2 aromatic heterocycles. The van der Waals surface area contributed by atoms with Gasteiger partial charge in [-0.1, -0.05) is 5.16 Å². The lowest BCUT2D eigenvalue weighted by molar-refractivity contribution is -0.131. The average molecular weight is 328 g/mol. The molecule has 2 aromatic rings. The van der Waals surface area contributed by atoms with Crippen molar-refractivity contribution in [2.24, 2.45) is 11.3 Å². The third-order valence-corrected chi connectivity index (χ3v) is 4.94. The fourth-order valence-corrected chi connectivity index (χ4v) is 3.76. The highest BCUT2D eigenvalue weighted by Gasteiger charge is 2.53. The van der Waals surface area contributed by atoms with E-state index in [1.807, 2.05) is 12.1 Å². The molecule has 2 aliphatic rings. The first-order chi connectivity index (χ1) is 11.7. The number of hydrogen-bond donors (Lipinski definition) is 2. The Bertz CT molecular complexity index is 733. The summed E-state index contributed by atoms with van der Waals surface area (Å²) >= 11 is 0. The second kappa shape index (κ2) is 5.95. The van der Waals surface area contributed by atoms with Crippen LogP contribution < -0.4 is 10.6 Å². The van der Waals surface area contributed by atoms with Crippen LogP contribution in [0.15, 0.2) is 29.0 Å². The lowest BCUT2D eigenvalue weighted by Gasteiger charge is -2.26. The number of carbonyl (C=O) groups is 1. The van der Waals surface area contributed by atoms with Gasteiger partial charge in [-0.2, -0.15) is 4.98 Å². The van der Waals surface area contributed by atoms with Gasteiger partial charge in [0.25, 0.3) is 0 Å². The quantitative estimate of drug-likeness (QED) is 0.809. The minimum atomic E-state index is -0.346. The summed E-state index contributed by atoms with van der Waals surface area (Å²) in [6.07, 6.45) is 3.37. The Hall–Kier alpha value is -2.32. The molecule has 2 atom stereocenters. The Balaban J connectivity index is 1.42. The first-order valence-corrected chi connectivity index (χ1v) is 8.08. The van der Waals surface area contributed by atoms with Crippen molar-refractivity contribution < 1.29 is 9.32 Å². The summed E-state index contributed by atoms with van der Waals surface area (Å²) in [5, 5.41) is 10.3. The van der Waals surface area contributed by atoms with Crippen LogP contribution in [0, 0.1) is 11.3 Å². The third kappa shape index (κ3) is 2.57. The molecule has 2 fully saturated rings. The van der Waals surface area contributed by atoms with E-state index in [9.17, 15) is 4.79 Å². The molecule has 0 bridgehead atoms. The minimum absolute atomic E-state index is 0.0583. The van der Waals surface area contributed by atoms with Gasteiger partial charge in [-0.3, -0.25) is 9.78 Å². The maximum absolute atomic E-state index is 12.8. The predicted molar refractivity (Wildman–Crippen MR) is 85.7 cm³/mol. The van der Waals surface area contributed by atoms with Gasteiger partial charge in [0.15, 0.2) is 0 Å². The van der Waals surface area contributed by atoms with Crippen LogP contribution in [-0.4, -0.2) is 59.2 Å². The molecule has 2 saturated heterocycles. The van der Waals surface area contributed by atoms with E-state index in [1.54, 1.807) is 12.4 Å². The Morgan fingerprint density at radius 1 is 1.58 bits per heavy atom. The van der Waals surface area contributed by atoms with Crippen molar-refractivity contribution >= 4 is 5.91 Å². The van der Waals surface area contributed by atoms with Crippen molar-refractivity contribution in [2.45, 2.75) is 6.54 Å². The molecule has 4 heterocycles. The lowest BCUT2D eigenvalue weighted by Crippen LogP contribution is -2.46. The van der Waals surface area contributed by atoms with Gasteiger partial charge in [-0.05, 0) is 19.2 Å². The standard InChI is InChI=1S/C16H20N6O2/c1-22-8-12-6-18-9-16(12,10-22)15(23)19-7-13-20-14(21-24-13)11-3-2-4-17-5-11/h2-5,12,18H,6-10H2,1H3,(H,19,23)/t12-,16-/m0/s1. The largest absolute Gasteiger partial charge is 0.346 e. The Morgan fingerprint density at radius 2 is 2.50 bits per heavy atom. The average Bonchev–Trinajstić information content (AvgIpc) is 3.27. The molecule has 1 amide bonds. The Morgan fingerprint density at radius 3 is 3.33 bits per heavy atom. The number of likely N-dealkylation sites (tertiary alicyclic amines) is 1. The molecule has 0 aliphatic carbocycles. The van der Waals surface area contributed by atoms with E-state index in [-0.39, 0.29) is 17.9 Å². The SMILES string of the molecule is CN1C[C@@H]2CNC[C@]2(C(=O)NCc2nc(-c3cccnc3)no2)C1. The number of pyridine rings is 1. The van der Waals surface area contributed by atoms with E-state index in [1.165, 1.54) is 0 Å². The highest BCUT2D eigenvalue weighted by atomic mass is 16.5. The molecule has 8 heteroatoms. The number of carbonyl (C=O) groups excluding carboxylic acids is 1. The molecule has 2 aliphatic heterocycles. The van der Waals surface area contributed by atoms with Crippen LogP contribution in [0.2, 0.25) is 0 Å². The highest BCUT2D eigenvalue weighted by molar-refractivity contribution is 5.84. The van der Waals surface area contributed by atoms with Gasteiger partial charge in [-0.15, -0.1) is 0 Å². The summed E-state index contributed by atoms with van der Waals surface area (Å²) in [5.41, 5.74) is 0.441. The summed E-state index contributed by atoms with van der Waals surface area (Å²) in [4.78, 5) is 23.3. The van der Waals surface area contributed by atoms with Crippen molar-refractivity contribution in [3.63, 3.8) is 0 Å². The van der Waals surface area contributed by atoms with Crippen molar-refractivity contribution in [1.29, 1.82) is 0 Å². The Kier molecular flexibility index (Phi) is 3.78. The summed E-state index contributed by atoms with van der Waals surface area (Å²) in [5.74, 6) is 1.29. The van der Waals surface area contributed by atoms with E-state index < -0.39 is 0 Å². The molecule has 0 unspecified atom stereocenters. The van der Waals surface area contributed by atoms with Crippen molar-refractivity contribution in [3.05, 3.63) is 30.4 Å². The number of rotatable bonds is 4. The van der Waals surface area contributed by atoms with Crippen LogP contribution in [0.3, 0.4) is 0 Å². The summed E-state index contributed by atoms with van der Waals surface area (Å²) in [7, 11) is 2.06. The normalized spacial score (nSPS) is 26.5. The first kappa shape index (κ1) is 15.2. The second-order valence-corrected chi connectivity index (χ2v) is 6.62. The number of fused-ring (bicyclic) bond motifs is 1. The van der Waals surface area contributed by atoms with E-state index in [0.717, 1.165) is 31.7 Å². The van der Waals surface area contributed by atoms with Crippen molar-refractivity contribution in [3.8, 4) is 11.4 Å². The smallest absolute Gasteiger partial charge is 0.246 e. The predicted octanol–water partition coefficient (Wildman–Crippen LogP) is -0.101. The van der Waals surface area contributed by atoms with Gasteiger partial charge >= 0.3 is 0 Å².